The Kier molecular flexibility index (Phi) is 33.2. The molecule has 3 N–H and O–H groups in total. The topological polar surface area (TPSA) is 79.2 Å². The molecule has 9 heteroatoms. The Balaban J connectivity index is -0.000000373. The Labute approximate surface area is 148 Å². The molecule has 0 spiro atoms. The van der Waals surface area contributed by atoms with Crippen LogP contribution >= 0.6 is 0 Å². The monoisotopic (exact) mass is 388 g/mol. The molecule has 0 aromatic heterocycles. The summed E-state index contributed by atoms with van der Waals surface area (Å²) < 4.78 is 9.56. The summed E-state index contributed by atoms with van der Waals surface area (Å²) >= 11 is 0. The van der Waals surface area contributed by atoms with Crippen LogP contribution in [0.25, 0.3) is 0 Å². The summed E-state index contributed by atoms with van der Waals surface area (Å²) in [5.41, 5.74) is 0. The van der Waals surface area contributed by atoms with Gasteiger partial charge in [-0.1, -0.05) is 38.5 Å². The number of aliphatic hydroxyl groups excluding tert-OH is 2. The van der Waals surface area contributed by atoms with E-state index in [-0.39, 0.29) is 0 Å². The van der Waals surface area contributed by atoms with Crippen LogP contribution in [0, 0.1) is 0 Å². The third-order valence-corrected chi connectivity index (χ3v) is 6.61. The standard InChI is InChI=1S/C11H24O3.C2H10OSi2.H6OSi2/c12-10-8-6-4-2-1-3-5-7-9-11(13)14;1-5(2)3-4;2-1-3/h11-14H,1-10H2;5H,1-2,4H3;2-3H3. The second-order valence-corrected chi connectivity index (χ2v) is 12.8. The molecule has 0 radical (unpaired) electrons. The average molecular weight is 389 g/mol. The zero-order valence-corrected chi connectivity index (χ0v) is 22.5. The molecule has 0 unspecified atom stereocenters. The van der Waals surface area contributed by atoms with Gasteiger partial charge >= 0.3 is 0 Å². The number of aliphatic hydroxyl groups is 3. The number of rotatable bonds is 11. The van der Waals surface area contributed by atoms with E-state index in [1.807, 2.05) is 0 Å². The molecule has 0 aliphatic rings. The van der Waals surface area contributed by atoms with E-state index in [2.05, 4.69) is 17.2 Å². The molecule has 22 heavy (non-hydrogen) atoms. The Morgan fingerprint density at radius 2 is 1.14 bits per heavy atom. The summed E-state index contributed by atoms with van der Waals surface area (Å²) in [7, 11) is 2.21. The predicted molar refractivity (Wildman–Crippen MR) is 108 cm³/mol. The van der Waals surface area contributed by atoms with Crippen molar-refractivity contribution < 1.29 is 23.5 Å². The van der Waals surface area contributed by atoms with Crippen LogP contribution in [0.3, 0.4) is 0 Å². The van der Waals surface area contributed by atoms with Crippen molar-refractivity contribution in [1.29, 1.82) is 0 Å². The van der Waals surface area contributed by atoms with Gasteiger partial charge in [0.1, 0.15) is 31.5 Å². The van der Waals surface area contributed by atoms with Crippen LogP contribution < -0.4 is 0 Å². The molecule has 0 saturated carbocycles. The summed E-state index contributed by atoms with van der Waals surface area (Å²) in [5, 5.41) is 25.7. The highest BCUT2D eigenvalue weighted by Crippen LogP contribution is 2.09. The lowest BCUT2D eigenvalue weighted by Crippen LogP contribution is -2.02. The van der Waals surface area contributed by atoms with Crippen molar-refractivity contribution in [3.63, 3.8) is 0 Å². The third-order valence-electron chi connectivity index (χ3n) is 2.84. The van der Waals surface area contributed by atoms with E-state index in [4.69, 9.17) is 19.4 Å². The second-order valence-electron chi connectivity index (χ2n) is 5.51. The van der Waals surface area contributed by atoms with Crippen molar-refractivity contribution in [3.05, 3.63) is 0 Å². The van der Waals surface area contributed by atoms with E-state index in [0.717, 1.165) is 57.1 Å². The summed E-state index contributed by atoms with van der Waals surface area (Å²) in [6, 6.07) is 0. The number of hydrogen-bond donors (Lipinski definition) is 3. The van der Waals surface area contributed by atoms with Crippen LogP contribution in [0.4, 0.5) is 0 Å². The molecule has 0 aliphatic carbocycles. The van der Waals surface area contributed by atoms with Crippen LogP contribution in [0.15, 0.2) is 0 Å². The lowest BCUT2D eigenvalue weighted by atomic mass is 10.1. The van der Waals surface area contributed by atoms with Gasteiger partial charge in [0.25, 0.3) is 0 Å². The van der Waals surface area contributed by atoms with Gasteiger partial charge in [0.15, 0.2) is 15.3 Å². The van der Waals surface area contributed by atoms with E-state index in [1.54, 1.807) is 0 Å². The first-order chi connectivity index (χ1) is 10.5. The maximum atomic E-state index is 8.58. The molecule has 0 fully saturated rings. The first-order valence-corrected chi connectivity index (χ1v) is 13.6. The minimum Gasteiger partial charge on any atom is -0.471 e. The first-order valence-electron chi connectivity index (χ1n) is 8.36. The largest absolute Gasteiger partial charge is 0.471 e. The Hall–Kier alpha value is 0.668. The maximum Gasteiger partial charge on any atom is 0.156 e. The molecule has 5 nitrogen and oxygen atoms in total. The van der Waals surface area contributed by atoms with Gasteiger partial charge in [-0.3, -0.25) is 0 Å². The molecule has 0 heterocycles. The fraction of sp³-hybridized carbons (Fsp3) is 1.00. The highest BCUT2D eigenvalue weighted by Gasteiger charge is 1.96. The second kappa shape index (κ2) is 26.6. The summed E-state index contributed by atoms with van der Waals surface area (Å²) in [4.78, 5) is 0. The van der Waals surface area contributed by atoms with Crippen LogP contribution in [-0.4, -0.2) is 68.7 Å². The molecule has 0 saturated heterocycles. The van der Waals surface area contributed by atoms with E-state index in [0.29, 0.717) is 13.0 Å². The molecule has 0 aromatic carbocycles. The highest BCUT2D eigenvalue weighted by atomic mass is 28.3. The van der Waals surface area contributed by atoms with E-state index >= 15 is 0 Å². The average Bonchev–Trinajstić information content (AvgIpc) is 2.46. The molecule has 0 rings (SSSR count). The summed E-state index contributed by atoms with van der Waals surface area (Å²) in [6.45, 7) is 4.66. The van der Waals surface area contributed by atoms with Gasteiger partial charge in [-0.2, -0.15) is 0 Å². The Morgan fingerprint density at radius 3 is 1.41 bits per heavy atom. The Bertz CT molecular complexity index is 177. The van der Waals surface area contributed by atoms with Crippen molar-refractivity contribution in [2.75, 3.05) is 6.61 Å². The predicted octanol–water partition coefficient (Wildman–Crippen LogP) is -1.37. The fourth-order valence-corrected chi connectivity index (χ4v) is 1.50. The fourth-order valence-electron chi connectivity index (χ4n) is 1.50. The van der Waals surface area contributed by atoms with Gasteiger partial charge in [0.05, 0.1) is 0 Å². The zero-order chi connectivity index (χ0) is 17.6. The van der Waals surface area contributed by atoms with Gasteiger partial charge in [0, 0.05) is 6.61 Å². The number of unbranched alkanes of at least 4 members (excludes halogenated alkanes) is 7. The number of hydrogen-bond acceptors (Lipinski definition) is 5. The van der Waals surface area contributed by atoms with Gasteiger partial charge in [0.2, 0.25) is 0 Å². The molecule has 0 atom stereocenters. The molecule has 0 bridgehead atoms. The SMILES string of the molecule is C[SiH](C)O[SiH3].OCCCCCCCCCCC(O)O.[SiH3]O[SiH3]. The minimum absolute atomic E-state index is 0.314. The van der Waals surface area contributed by atoms with E-state index in [9.17, 15) is 0 Å². The molecule has 0 aromatic rings. The van der Waals surface area contributed by atoms with E-state index in [1.165, 1.54) is 25.7 Å². The lowest BCUT2D eigenvalue weighted by molar-refractivity contribution is -0.0466. The maximum absolute atomic E-state index is 8.58. The summed E-state index contributed by atoms with van der Waals surface area (Å²) in [5.74, 6) is 0. The quantitative estimate of drug-likeness (QED) is 0.231. The lowest BCUT2D eigenvalue weighted by Gasteiger charge is -2.03. The molecule has 0 aliphatic heterocycles. The normalized spacial score (nSPS) is 10.5. The molecule has 138 valence electrons. The summed E-state index contributed by atoms with van der Waals surface area (Å²) in [6.07, 6.45) is 8.31. The van der Waals surface area contributed by atoms with Crippen molar-refractivity contribution in [2.45, 2.75) is 77.2 Å². The van der Waals surface area contributed by atoms with Crippen molar-refractivity contribution in [3.8, 4) is 0 Å². The van der Waals surface area contributed by atoms with Crippen LogP contribution in [-0.2, 0) is 8.23 Å². The Morgan fingerprint density at radius 1 is 0.818 bits per heavy atom. The van der Waals surface area contributed by atoms with Crippen molar-refractivity contribution in [2.24, 2.45) is 0 Å². The van der Waals surface area contributed by atoms with Gasteiger partial charge in [-0.15, -0.1) is 0 Å². The van der Waals surface area contributed by atoms with Crippen molar-refractivity contribution in [1.82, 2.24) is 0 Å². The minimum atomic E-state index is -1.13. The zero-order valence-electron chi connectivity index (χ0n) is 15.4. The van der Waals surface area contributed by atoms with Gasteiger partial charge in [-0.25, -0.2) is 0 Å². The molecular formula is C13H40O5Si4. The van der Waals surface area contributed by atoms with Crippen LogP contribution in [0.1, 0.15) is 57.8 Å². The molecule has 0 amide bonds. The van der Waals surface area contributed by atoms with Crippen LogP contribution in [0.2, 0.25) is 13.1 Å². The third kappa shape index (κ3) is 42.8. The first kappa shape index (κ1) is 27.5. The molecular weight excluding hydrogens is 348 g/mol. The highest BCUT2D eigenvalue weighted by molar-refractivity contribution is 6.52. The smallest absolute Gasteiger partial charge is 0.156 e. The van der Waals surface area contributed by atoms with Gasteiger partial charge < -0.3 is 23.5 Å². The van der Waals surface area contributed by atoms with E-state index < -0.39 is 15.3 Å². The van der Waals surface area contributed by atoms with Crippen molar-refractivity contribution >= 4 is 40.5 Å². The van der Waals surface area contributed by atoms with Gasteiger partial charge in [-0.05, 0) is 32.4 Å². The van der Waals surface area contributed by atoms with Crippen LogP contribution in [0.5, 0.6) is 0 Å².